The van der Waals surface area contributed by atoms with E-state index in [0.29, 0.717) is 5.41 Å². The quantitative estimate of drug-likeness (QED) is 0.772. The van der Waals surface area contributed by atoms with E-state index in [0.717, 1.165) is 29.9 Å². The topological polar surface area (TPSA) is 12.0 Å². The summed E-state index contributed by atoms with van der Waals surface area (Å²) in [7, 11) is 0. The second-order valence-corrected chi connectivity index (χ2v) is 6.91. The van der Waals surface area contributed by atoms with Gasteiger partial charge in [-0.25, -0.2) is 0 Å². The van der Waals surface area contributed by atoms with Crippen LogP contribution in [0.3, 0.4) is 0 Å². The van der Waals surface area contributed by atoms with Gasteiger partial charge in [0, 0.05) is 11.0 Å². The highest BCUT2D eigenvalue weighted by Gasteiger charge is 2.22. The van der Waals surface area contributed by atoms with Gasteiger partial charge in [0.25, 0.3) is 0 Å². The van der Waals surface area contributed by atoms with Crippen molar-refractivity contribution in [2.45, 2.75) is 40.5 Å². The van der Waals surface area contributed by atoms with E-state index in [1.54, 1.807) is 0 Å². The van der Waals surface area contributed by atoms with Gasteiger partial charge in [-0.1, -0.05) is 55.8 Å². The zero-order chi connectivity index (χ0) is 13.6. The molecule has 0 spiro atoms. The minimum absolute atomic E-state index is 0.350. The normalized spacial score (nSPS) is 14.8. The fourth-order valence-corrected chi connectivity index (χ4v) is 2.33. The minimum atomic E-state index is 0.350. The van der Waals surface area contributed by atoms with Crippen LogP contribution in [0.25, 0.3) is 0 Å². The first-order valence-corrected chi connectivity index (χ1v) is 7.69. The second-order valence-electron chi connectivity index (χ2n) is 5.99. The van der Waals surface area contributed by atoms with Crippen LogP contribution >= 0.6 is 15.9 Å². The van der Waals surface area contributed by atoms with Gasteiger partial charge < -0.3 is 5.32 Å². The molecule has 0 aliphatic carbocycles. The summed E-state index contributed by atoms with van der Waals surface area (Å²) in [6, 6.07) is 8.71. The Morgan fingerprint density at radius 2 is 1.83 bits per heavy atom. The molecular weight excluding hydrogens is 286 g/mol. The van der Waals surface area contributed by atoms with Crippen molar-refractivity contribution in [2.24, 2.45) is 11.3 Å². The molecule has 0 radical (unpaired) electrons. The van der Waals surface area contributed by atoms with E-state index >= 15 is 0 Å². The van der Waals surface area contributed by atoms with Gasteiger partial charge in [0.15, 0.2) is 0 Å². The van der Waals surface area contributed by atoms with Crippen LogP contribution in [0.2, 0.25) is 0 Å². The Morgan fingerprint density at radius 1 is 1.22 bits per heavy atom. The molecule has 1 aromatic rings. The highest BCUT2D eigenvalue weighted by Crippen LogP contribution is 2.26. The molecule has 0 fully saturated rings. The van der Waals surface area contributed by atoms with E-state index in [-0.39, 0.29) is 0 Å². The molecule has 0 heterocycles. The van der Waals surface area contributed by atoms with E-state index in [9.17, 15) is 0 Å². The minimum Gasteiger partial charge on any atom is -0.316 e. The highest BCUT2D eigenvalue weighted by atomic mass is 79.9. The number of hydrogen-bond acceptors (Lipinski definition) is 1. The molecule has 0 aromatic heterocycles. The third-order valence-corrected chi connectivity index (χ3v) is 4.03. The molecule has 1 N–H and O–H groups in total. The van der Waals surface area contributed by atoms with Gasteiger partial charge in [-0.15, -0.1) is 0 Å². The molecule has 0 saturated carbocycles. The predicted octanol–water partition coefficient (Wildman–Crippen LogP) is 4.65. The summed E-state index contributed by atoms with van der Waals surface area (Å²) in [5, 5.41) is 3.60. The van der Waals surface area contributed by atoms with Gasteiger partial charge in [0.1, 0.15) is 0 Å². The third-order valence-electron chi connectivity index (χ3n) is 3.50. The molecule has 18 heavy (non-hydrogen) atoms. The van der Waals surface area contributed by atoms with Crippen LogP contribution in [0, 0.1) is 11.3 Å². The molecule has 1 rings (SSSR count). The third kappa shape index (κ3) is 5.53. The lowest BCUT2D eigenvalue weighted by Crippen LogP contribution is -2.35. The van der Waals surface area contributed by atoms with Gasteiger partial charge in [-0.05, 0) is 48.4 Å². The summed E-state index contributed by atoms with van der Waals surface area (Å²) in [6.07, 6.45) is 2.34. The first kappa shape index (κ1) is 15.7. The van der Waals surface area contributed by atoms with E-state index in [4.69, 9.17) is 0 Å². The van der Waals surface area contributed by atoms with Crippen LogP contribution in [0.1, 0.15) is 39.7 Å². The molecule has 1 atom stereocenters. The zero-order valence-corrected chi connectivity index (χ0v) is 13.7. The molecule has 0 saturated heterocycles. The highest BCUT2D eigenvalue weighted by molar-refractivity contribution is 9.10. The maximum Gasteiger partial charge on any atom is 0.0175 e. The van der Waals surface area contributed by atoms with Crippen LogP contribution in [0.4, 0.5) is 0 Å². The first-order chi connectivity index (χ1) is 8.45. The summed E-state index contributed by atoms with van der Waals surface area (Å²) < 4.78 is 1.15. The van der Waals surface area contributed by atoms with Crippen LogP contribution in [-0.4, -0.2) is 13.1 Å². The van der Waals surface area contributed by atoms with Crippen molar-refractivity contribution < 1.29 is 0 Å². The molecule has 0 bridgehead atoms. The molecule has 0 aliphatic rings. The average molecular weight is 312 g/mol. The van der Waals surface area contributed by atoms with Gasteiger partial charge in [-0.2, -0.15) is 0 Å². The fraction of sp³-hybridized carbons (Fsp3) is 0.625. The predicted molar refractivity (Wildman–Crippen MR) is 84.0 cm³/mol. The Hall–Kier alpha value is -0.340. The van der Waals surface area contributed by atoms with Crippen molar-refractivity contribution in [3.8, 4) is 0 Å². The van der Waals surface area contributed by atoms with Crippen LogP contribution in [0.15, 0.2) is 28.7 Å². The molecule has 1 nitrogen and oxygen atoms in total. The summed E-state index contributed by atoms with van der Waals surface area (Å²) in [5.74, 6) is 0.721. The van der Waals surface area contributed by atoms with Gasteiger partial charge in [0.05, 0.1) is 0 Å². The number of benzene rings is 1. The summed E-state index contributed by atoms with van der Waals surface area (Å²) in [5.41, 5.74) is 1.77. The SMILES string of the molecule is CCC(C)(CNCC(C)C)Cc1ccc(Br)cc1. The Kier molecular flexibility index (Phi) is 6.37. The van der Waals surface area contributed by atoms with Gasteiger partial charge in [0.2, 0.25) is 0 Å². The molecule has 0 amide bonds. The van der Waals surface area contributed by atoms with E-state index in [1.807, 2.05) is 0 Å². The lowest BCUT2D eigenvalue weighted by atomic mass is 9.81. The zero-order valence-electron chi connectivity index (χ0n) is 12.1. The number of hydrogen-bond donors (Lipinski definition) is 1. The van der Waals surface area contributed by atoms with Gasteiger partial charge in [-0.3, -0.25) is 0 Å². The monoisotopic (exact) mass is 311 g/mol. The van der Waals surface area contributed by atoms with E-state index in [1.165, 1.54) is 12.0 Å². The van der Waals surface area contributed by atoms with Crippen molar-refractivity contribution in [2.75, 3.05) is 13.1 Å². The lowest BCUT2D eigenvalue weighted by Gasteiger charge is -2.29. The van der Waals surface area contributed by atoms with E-state index in [2.05, 4.69) is 73.2 Å². The van der Waals surface area contributed by atoms with E-state index < -0.39 is 0 Å². The Balaban J connectivity index is 2.55. The Bertz CT molecular complexity index is 345. The van der Waals surface area contributed by atoms with Crippen molar-refractivity contribution in [1.29, 1.82) is 0 Å². The standard InChI is InChI=1S/C16H26BrN/c1-5-16(4,12-18-11-13(2)3)10-14-6-8-15(17)9-7-14/h6-9,13,18H,5,10-12H2,1-4H3. The van der Waals surface area contributed by atoms with Crippen molar-refractivity contribution in [3.05, 3.63) is 34.3 Å². The second kappa shape index (κ2) is 7.30. The molecule has 0 aliphatic heterocycles. The largest absolute Gasteiger partial charge is 0.316 e. The summed E-state index contributed by atoms with van der Waals surface area (Å²) in [4.78, 5) is 0. The first-order valence-electron chi connectivity index (χ1n) is 6.90. The van der Waals surface area contributed by atoms with Gasteiger partial charge >= 0.3 is 0 Å². The maximum absolute atomic E-state index is 3.60. The van der Waals surface area contributed by atoms with Crippen LogP contribution < -0.4 is 5.32 Å². The summed E-state index contributed by atoms with van der Waals surface area (Å²) >= 11 is 3.49. The fourth-order valence-electron chi connectivity index (χ4n) is 2.07. The number of halogens is 1. The molecule has 1 aromatic carbocycles. The molecular formula is C16H26BrN. The van der Waals surface area contributed by atoms with Crippen molar-refractivity contribution in [3.63, 3.8) is 0 Å². The molecule has 2 heteroatoms. The Morgan fingerprint density at radius 3 is 2.33 bits per heavy atom. The molecule has 102 valence electrons. The molecule has 1 unspecified atom stereocenters. The van der Waals surface area contributed by atoms with Crippen molar-refractivity contribution >= 4 is 15.9 Å². The van der Waals surface area contributed by atoms with Crippen molar-refractivity contribution in [1.82, 2.24) is 5.32 Å². The Labute approximate surface area is 120 Å². The summed E-state index contributed by atoms with van der Waals surface area (Å²) in [6.45, 7) is 11.4. The maximum atomic E-state index is 3.60. The lowest BCUT2D eigenvalue weighted by molar-refractivity contribution is 0.285. The van der Waals surface area contributed by atoms with Crippen LogP contribution in [-0.2, 0) is 6.42 Å². The number of rotatable bonds is 7. The smallest absolute Gasteiger partial charge is 0.0175 e. The number of nitrogens with one attached hydrogen (secondary N) is 1. The average Bonchev–Trinajstić information content (AvgIpc) is 2.32. The van der Waals surface area contributed by atoms with Crippen LogP contribution in [0.5, 0.6) is 0 Å².